The van der Waals surface area contributed by atoms with Crippen molar-refractivity contribution < 1.29 is 28.2 Å². The maximum Gasteiger partial charge on any atom is 0.258 e. The minimum absolute atomic E-state index is 0.00675. The number of fused-ring (bicyclic) bond motifs is 2. The number of hydrogen-bond donors (Lipinski definition) is 1. The molecular formula is C36H42ClFN2O5Si. The number of methoxy groups -OCH3 is 2. The zero-order chi connectivity index (χ0) is 33.5. The number of carbonyl (C=O) groups is 1. The highest BCUT2D eigenvalue weighted by atomic mass is 35.5. The maximum atomic E-state index is 14.3. The average molecular weight is 665 g/mol. The van der Waals surface area contributed by atoms with Gasteiger partial charge in [-0.15, -0.1) is 0 Å². The Kier molecular flexibility index (Phi) is 9.57. The number of rotatable bonds is 11. The number of phenols is 1. The summed E-state index contributed by atoms with van der Waals surface area (Å²) in [6.07, 6.45) is 2.15. The summed E-state index contributed by atoms with van der Waals surface area (Å²) in [5.74, 6) is 0.992. The SMILES string of the molecule is COc1ccc(CN2Cc3c(c(O[Si](C(C)C)(C(C)C)C(C)C)c4ncc(Cc5ccc(F)c(Cl)c5)cc4c3O)C2=O)c(OC)c1. The molecule has 3 aromatic carbocycles. The van der Waals surface area contributed by atoms with Crippen molar-refractivity contribution in [3.8, 4) is 23.0 Å². The van der Waals surface area contributed by atoms with E-state index in [2.05, 4.69) is 41.5 Å². The molecular weight excluding hydrogens is 623 g/mol. The van der Waals surface area contributed by atoms with E-state index in [0.29, 0.717) is 45.7 Å². The summed E-state index contributed by atoms with van der Waals surface area (Å²) < 4.78 is 32.0. The Hall–Kier alpha value is -3.82. The molecule has 2 heterocycles. The van der Waals surface area contributed by atoms with E-state index in [1.165, 1.54) is 6.07 Å². The van der Waals surface area contributed by atoms with E-state index in [1.807, 2.05) is 18.2 Å². The molecule has 1 N–H and O–H groups in total. The smallest absolute Gasteiger partial charge is 0.258 e. The number of pyridine rings is 1. The summed E-state index contributed by atoms with van der Waals surface area (Å²) in [5, 5.41) is 12.3. The van der Waals surface area contributed by atoms with Crippen LogP contribution in [0.4, 0.5) is 4.39 Å². The largest absolute Gasteiger partial charge is 0.541 e. The number of aromatic nitrogens is 1. The fourth-order valence-corrected chi connectivity index (χ4v) is 12.6. The van der Waals surface area contributed by atoms with Gasteiger partial charge in [-0.25, -0.2) is 4.39 Å². The van der Waals surface area contributed by atoms with Gasteiger partial charge >= 0.3 is 0 Å². The number of hydrogen-bond acceptors (Lipinski definition) is 6. The molecule has 4 aromatic rings. The molecule has 0 saturated heterocycles. The molecule has 10 heteroatoms. The topological polar surface area (TPSA) is 81.1 Å². The highest BCUT2D eigenvalue weighted by molar-refractivity contribution is 6.78. The van der Waals surface area contributed by atoms with E-state index in [0.717, 1.165) is 16.7 Å². The molecule has 244 valence electrons. The van der Waals surface area contributed by atoms with Crippen molar-refractivity contribution in [3.05, 3.63) is 87.3 Å². The van der Waals surface area contributed by atoms with Crippen LogP contribution in [0.15, 0.2) is 48.7 Å². The van der Waals surface area contributed by atoms with Gasteiger partial charge in [-0.05, 0) is 64.5 Å². The Labute approximate surface area is 276 Å². The first-order valence-corrected chi connectivity index (χ1v) is 18.1. The van der Waals surface area contributed by atoms with Gasteiger partial charge in [-0.2, -0.15) is 0 Å². The van der Waals surface area contributed by atoms with Gasteiger partial charge < -0.3 is 23.9 Å². The van der Waals surface area contributed by atoms with Crippen LogP contribution in [0.3, 0.4) is 0 Å². The minimum Gasteiger partial charge on any atom is -0.541 e. The van der Waals surface area contributed by atoms with Gasteiger partial charge in [0.1, 0.15) is 34.3 Å². The van der Waals surface area contributed by atoms with E-state index in [9.17, 15) is 14.3 Å². The maximum absolute atomic E-state index is 14.3. The van der Waals surface area contributed by atoms with Crippen molar-refractivity contribution in [2.24, 2.45) is 0 Å². The molecule has 1 aliphatic heterocycles. The summed E-state index contributed by atoms with van der Waals surface area (Å²) in [6, 6.07) is 12.0. The van der Waals surface area contributed by atoms with Crippen molar-refractivity contribution in [2.75, 3.05) is 14.2 Å². The average Bonchev–Trinajstić information content (AvgIpc) is 3.34. The normalized spacial score (nSPS) is 13.3. The standard InChI is InChI=1S/C36H42ClFN2O5Si/c1-20(2)46(21(3)4,22(5)6)45-35-32-28(19-40(36(32)42)18-25-10-11-26(43-7)16-31(25)44-8)34(41)27-14-24(17-39-33(27)35)13-23-9-12-30(38)29(37)15-23/h9-12,14-17,20-22,41H,13,18-19H2,1-8H3. The van der Waals surface area contributed by atoms with Crippen molar-refractivity contribution >= 4 is 36.7 Å². The van der Waals surface area contributed by atoms with E-state index in [4.69, 9.17) is 30.5 Å². The molecule has 0 bridgehead atoms. The predicted octanol–water partition coefficient (Wildman–Crippen LogP) is 9.05. The number of halogens is 2. The van der Waals surface area contributed by atoms with Gasteiger partial charge in [-0.1, -0.05) is 59.2 Å². The van der Waals surface area contributed by atoms with Crippen LogP contribution in [0.25, 0.3) is 10.9 Å². The van der Waals surface area contributed by atoms with Crippen LogP contribution in [0.5, 0.6) is 23.0 Å². The van der Waals surface area contributed by atoms with Crippen LogP contribution in [-0.2, 0) is 19.5 Å². The van der Waals surface area contributed by atoms with Gasteiger partial charge in [0.25, 0.3) is 14.2 Å². The lowest BCUT2D eigenvalue weighted by Crippen LogP contribution is -2.51. The van der Waals surface area contributed by atoms with E-state index >= 15 is 0 Å². The number of amides is 1. The van der Waals surface area contributed by atoms with Crippen molar-refractivity contribution in [2.45, 2.75) is 77.7 Å². The fraction of sp³-hybridized carbons (Fsp3) is 0.389. The first-order valence-electron chi connectivity index (χ1n) is 15.6. The predicted molar refractivity (Wildman–Crippen MR) is 182 cm³/mol. The molecule has 0 radical (unpaired) electrons. The third-order valence-corrected chi connectivity index (χ3v) is 15.6. The molecule has 0 unspecified atom stereocenters. The van der Waals surface area contributed by atoms with Gasteiger partial charge in [0.2, 0.25) is 0 Å². The molecule has 46 heavy (non-hydrogen) atoms. The first kappa shape index (κ1) is 33.5. The number of carbonyl (C=O) groups excluding carboxylic acids is 1. The number of nitrogens with zero attached hydrogens (tertiary/aromatic N) is 2. The van der Waals surface area contributed by atoms with Gasteiger partial charge in [0.05, 0.1) is 31.4 Å². The Bertz CT molecular complexity index is 1770. The summed E-state index contributed by atoms with van der Waals surface area (Å²) in [4.78, 5) is 20.9. The number of ether oxygens (including phenoxy) is 2. The number of benzene rings is 3. The van der Waals surface area contributed by atoms with Crippen molar-refractivity contribution in [3.63, 3.8) is 0 Å². The summed E-state index contributed by atoms with van der Waals surface area (Å²) in [5.41, 5.74) is 4.48. The zero-order valence-electron chi connectivity index (χ0n) is 27.7. The second-order valence-corrected chi connectivity index (χ2v) is 18.7. The van der Waals surface area contributed by atoms with Crippen molar-refractivity contribution in [1.29, 1.82) is 0 Å². The lowest BCUT2D eigenvalue weighted by Gasteiger charge is -2.42. The highest BCUT2D eigenvalue weighted by Crippen LogP contribution is 2.49. The molecule has 0 fully saturated rings. The Morgan fingerprint density at radius 1 is 0.978 bits per heavy atom. The van der Waals surface area contributed by atoms with Crippen LogP contribution < -0.4 is 13.9 Å². The number of phenolic OH excluding ortho intramolecular Hbond substituents is 1. The van der Waals surface area contributed by atoms with Gasteiger partial charge in [0.15, 0.2) is 0 Å². The van der Waals surface area contributed by atoms with Crippen LogP contribution in [0.2, 0.25) is 21.6 Å². The molecule has 0 atom stereocenters. The molecule has 1 aliphatic rings. The fourth-order valence-electron chi connectivity index (χ4n) is 7.13. The van der Waals surface area contributed by atoms with E-state index in [1.54, 1.807) is 43.5 Å². The highest BCUT2D eigenvalue weighted by Gasteiger charge is 2.49. The van der Waals surface area contributed by atoms with Crippen LogP contribution >= 0.6 is 11.6 Å². The molecule has 0 aliphatic carbocycles. The van der Waals surface area contributed by atoms with Crippen LogP contribution in [-0.4, -0.2) is 43.4 Å². The summed E-state index contributed by atoms with van der Waals surface area (Å²) >= 11 is 6.05. The molecule has 1 amide bonds. The second kappa shape index (κ2) is 13.1. The van der Waals surface area contributed by atoms with Gasteiger partial charge in [0, 0.05) is 35.3 Å². The molecule has 5 rings (SSSR count). The quantitative estimate of drug-likeness (QED) is 0.161. The Balaban J connectivity index is 1.66. The zero-order valence-corrected chi connectivity index (χ0v) is 29.5. The second-order valence-electron chi connectivity index (χ2n) is 13.0. The third-order valence-electron chi connectivity index (χ3n) is 9.31. The summed E-state index contributed by atoms with van der Waals surface area (Å²) in [7, 11) is 0.615. The van der Waals surface area contributed by atoms with E-state index < -0.39 is 14.1 Å². The van der Waals surface area contributed by atoms with E-state index in [-0.39, 0.29) is 46.4 Å². The van der Waals surface area contributed by atoms with Gasteiger partial charge in [-0.3, -0.25) is 9.78 Å². The minimum atomic E-state index is -2.56. The molecule has 7 nitrogen and oxygen atoms in total. The third kappa shape index (κ3) is 5.91. The van der Waals surface area contributed by atoms with Crippen molar-refractivity contribution in [1.82, 2.24) is 9.88 Å². The molecule has 1 aromatic heterocycles. The first-order chi connectivity index (χ1) is 21.8. The Morgan fingerprint density at radius 3 is 2.28 bits per heavy atom. The monoisotopic (exact) mass is 664 g/mol. The van der Waals surface area contributed by atoms with Crippen LogP contribution in [0.1, 0.15) is 74.2 Å². The van der Waals surface area contributed by atoms with Crippen LogP contribution in [0, 0.1) is 5.82 Å². The molecule has 0 spiro atoms. The number of aromatic hydroxyl groups is 1. The molecule has 0 saturated carbocycles. The lowest BCUT2D eigenvalue weighted by atomic mass is 9.99. The lowest BCUT2D eigenvalue weighted by molar-refractivity contribution is 0.0764. The summed E-state index contributed by atoms with van der Waals surface area (Å²) in [6.45, 7) is 13.6. The Morgan fingerprint density at radius 2 is 1.67 bits per heavy atom.